The SMILES string of the molecule is Cc1cn(C2CCCC2)c(Nc2cccc(F)c2C)n1. The van der Waals surface area contributed by atoms with Crippen molar-refractivity contribution < 1.29 is 4.39 Å². The predicted octanol–water partition coefficient (Wildman–Crippen LogP) is 4.50. The molecule has 1 saturated carbocycles. The Morgan fingerprint density at radius 3 is 2.75 bits per heavy atom. The van der Waals surface area contributed by atoms with E-state index in [1.807, 2.05) is 13.0 Å². The van der Waals surface area contributed by atoms with E-state index in [4.69, 9.17) is 0 Å². The Labute approximate surface area is 118 Å². The smallest absolute Gasteiger partial charge is 0.207 e. The Bertz CT molecular complexity index is 612. The van der Waals surface area contributed by atoms with Gasteiger partial charge in [0.25, 0.3) is 0 Å². The van der Waals surface area contributed by atoms with Crippen molar-refractivity contribution in [3.05, 3.63) is 41.5 Å². The van der Waals surface area contributed by atoms with Gasteiger partial charge in [0.1, 0.15) is 5.82 Å². The lowest BCUT2D eigenvalue weighted by atomic mass is 10.2. The number of nitrogens with zero attached hydrogens (tertiary/aromatic N) is 2. The van der Waals surface area contributed by atoms with Crippen LogP contribution in [0.1, 0.15) is 43.0 Å². The second-order valence-corrected chi connectivity index (χ2v) is 5.59. The molecule has 1 aliphatic rings. The van der Waals surface area contributed by atoms with Crippen molar-refractivity contribution in [3.63, 3.8) is 0 Å². The van der Waals surface area contributed by atoms with E-state index in [2.05, 4.69) is 21.1 Å². The van der Waals surface area contributed by atoms with Crippen LogP contribution in [-0.4, -0.2) is 9.55 Å². The second kappa shape index (κ2) is 5.27. The summed E-state index contributed by atoms with van der Waals surface area (Å²) in [4.78, 5) is 4.55. The van der Waals surface area contributed by atoms with Crippen molar-refractivity contribution in [2.75, 3.05) is 5.32 Å². The maximum atomic E-state index is 13.6. The van der Waals surface area contributed by atoms with Crippen LogP contribution in [-0.2, 0) is 0 Å². The molecule has 3 rings (SSSR count). The molecule has 0 saturated heterocycles. The molecule has 0 radical (unpaired) electrons. The third kappa shape index (κ3) is 2.42. The highest BCUT2D eigenvalue weighted by Gasteiger charge is 2.20. The molecule has 0 bridgehead atoms. The van der Waals surface area contributed by atoms with E-state index in [1.54, 1.807) is 13.0 Å². The van der Waals surface area contributed by atoms with Crippen LogP contribution in [0.2, 0.25) is 0 Å². The van der Waals surface area contributed by atoms with E-state index >= 15 is 0 Å². The number of aryl methyl sites for hydroxylation is 1. The quantitative estimate of drug-likeness (QED) is 0.892. The third-order valence-corrected chi connectivity index (χ3v) is 4.08. The molecular weight excluding hydrogens is 253 g/mol. The molecule has 1 heterocycles. The highest BCUT2D eigenvalue weighted by molar-refractivity contribution is 5.59. The Hall–Kier alpha value is -1.84. The molecule has 1 aliphatic carbocycles. The summed E-state index contributed by atoms with van der Waals surface area (Å²) in [6.07, 6.45) is 7.05. The molecule has 106 valence electrons. The first-order valence-electron chi connectivity index (χ1n) is 7.23. The number of aromatic nitrogens is 2. The van der Waals surface area contributed by atoms with Gasteiger partial charge in [0.2, 0.25) is 5.95 Å². The molecule has 20 heavy (non-hydrogen) atoms. The van der Waals surface area contributed by atoms with Crippen LogP contribution in [0.25, 0.3) is 0 Å². The van der Waals surface area contributed by atoms with Crippen molar-refractivity contribution in [1.29, 1.82) is 0 Å². The van der Waals surface area contributed by atoms with Crippen molar-refractivity contribution in [2.24, 2.45) is 0 Å². The number of halogens is 1. The van der Waals surface area contributed by atoms with E-state index in [0.717, 1.165) is 17.3 Å². The minimum absolute atomic E-state index is 0.189. The highest BCUT2D eigenvalue weighted by atomic mass is 19.1. The zero-order valence-corrected chi connectivity index (χ0v) is 12.0. The molecule has 1 aromatic carbocycles. The third-order valence-electron chi connectivity index (χ3n) is 4.08. The lowest BCUT2D eigenvalue weighted by Gasteiger charge is -2.16. The Morgan fingerprint density at radius 1 is 1.25 bits per heavy atom. The predicted molar refractivity (Wildman–Crippen MR) is 78.9 cm³/mol. The van der Waals surface area contributed by atoms with Crippen LogP contribution < -0.4 is 5.32 Å². The number of imidazole rings is 1. The average molecular weight is 273 g/mol. The summed E-state index contributed by atoms with van der Waals surface area (Å²) in [7, 11) is 0. The number of hydrogen-bond donors (Lipinski definition) is 1. The second-order valence-electron chi connectivity index (χ2n) is 5.59. The van der Waals surface area contributed by atoms with E-state index < -0.39 is 0 Å². The molecule has 4 heteroatoms. The van der Waals surface area contributed by atoms with Gasteiger partial charge in [0.05, 0.1) is 5.69 Å². The van der Waals surface area contributed by atoms with Crippen LogP contribution in [0.3, 0.4) is 0 Å². The monoisotopic (exact) mass is 273 g/mol. The standard InChI is InChI=1S/C16H20FN3/c1-11-10-20(13-6-3-4-7-13)16(18-11)19-15-9-5-8-14(17)12(15)2/h5,8-10,13H,3-4,6-7H2,1-2H3,(H,18,19). The molecule has 3 nitrogen and oxygen atoms in total. The van der Waals surface area contributed by atoms with Gasteiger partial charge < -0.3 is 9.88 Å². The summed E-state index contributed by atoms with van der Waals surface area (Å²) in [6.45, 7) is 3.78. The number of nitrogens with one attached hydrogen (secondary N) is 1. The van der Waals surface area contributed by atoms with Crippen LogP contribution >= 0.6 is 0 Å². The lowest BCUT2D eigenvalue weighted by molar-refractivity contribution is 0.524. The van der Waals surface area contributed by atoms with E-state index in [9.17, 15) is 4.39 Å². The zero-order chi connectivity index (χ0) is 14.1. The van der Waals surface area contributed by atoms with Crippen LogP contribution in [0.5, 0.6) is 0 Å². The first kappa shape index (κ1) is 13.2. The molecule has 0 atom stereocenters. The summed E-state index contributed by atoms with van der Waals surface area (Å²) in [6, 6.07) is 5.62. The van der Waals surface area contributed by atoms with Gasteiger partial charge in [0, 0.05) is 23.5 Å². The maximum absolute atomic E-state index is 13.6. The normalized spacial score (nSPS) is 15.8. The summed E-state index contributed by atoms with van der Waals surface area (Å²) in [5, 5.41) is 3.29. The summed E-state index contributed by atoms with van der Waals surface area (Å²) in [5.74, 6) is 0.633. The van der Waals surface area contributed by atoms with Crippen molar-refractivity contribution in [1.82, 2.24) is 9.55 Å². The summed E-state index contributed by atoms with van der Waals surface area (Å²) in [5.41, 5.74) is 2.41. The van der Waals surface area contributed by atoms with Gasteiger partial charge in [-0.25, -0.2) is 9.37 Å². The van der Waals surface area contributed by atoms with E-state index in [0.29, 0.717) is 11.6 Å². The van der Waals surface area contributed by atoms with Gasteiger partial charge in [-0.3, -0.25) is 0 Å². The minimum atomic E-state index is -0.189. The fourth-order valence-corrected chi connectivity index (χ4v) is 2.93. The Balaban J connectivity index is 1.92. The van der Waals surface area contributed by atoms with Gasteiger partial charge in [0.15, 0.2) is 0 Å². The van der Waals surface area contributed by atoms with Crippen molar-refractivity contribution in [3.8, 4) is 0 Å². The van der Waals surface area contributed by atoms with Gasteiger partial charge in [-0.1, -0.05) is 18.9 Å². The molecule has 1 fully saturated rings. The van der Waals surface area contributed by atoms with Crippen LogP contribution in [0, 0.1) is 19.7 Å². The number of benzene rings is 1. The van der Waals surface area contributed by atoms with Gasteiger partial charge in [-0.15, -0.1) is 0 Å². The Morgan fingerprint density at radius 2 is 2.00 bits per heavy atom. The molecule has 2 aromatic rings. The number of rotatable bonds is 3. The largest absolute Gasteiger partial charge is 0.325 e. The van der Waals surface area contributed by atoms with Crippen molar-refractivity contribution >= 4 is 11.6 Å². The first-order chi connectivity index (χ1) is 9.65. The van der Waals surface area contributed by atoms with Crippen molar-refractivity contribution in [2.45, 2.75) is 45.6 Å². The highest BCUT2D eigenvalue weighted by Crippen LogP contribution is 2.33. The van der Waals surface area contributed by atoms with E-state index in [1.165, 1.54) is 31.7 Å². The fraction of sp³-hybridized carbons (Fsp3) is 0.438. The fourth-order valence-electron chi connectivity index (χ4n) is 2.93. The molecule has 0 spiro atoms. The molecule has 1 aromatic heterocycles. The summed E-state index contributed by atoms with van der Waals surface area (Å²) >= 11 is 0. The number of hydrogen-bond acceptors (Lipinski definition) is 2. The lowest BCUT2D eigenvalue weighted by Crippen LogP contribution is -2.08. The zero-order valence-electron chi connectivity index (χ0n) is 12.0. The molecule has 0 amide bonds. The molecular formula is C16H20FN3. The van der Waals surface area contributed by atoms with Gasteiger partial charge in [-0.2, -0.15) is 0 Å². The average Bonchev–Trinajstić information content (AvgIpc) is 3.04. The van der Waals surface area contributed by atoms with Crippen LogP contribution in [0.15, 0.2) is 24.4 Å². The molecule has 0 aliphatic heterocycles. The minimum Gasteiger partial charge on any atom is -0.325 e. The first-order valence-corrected chi connectivity index (χ1v) is 7.23. The molecule has 1 N–H and O–H groups in total. The van der Waals surface area contributed by atoms with Gasteiger partial charge in [-0.05, 0) is 38.8 Å². The molecule has 0 unspecified atom stereocenters. The van der Waals surface area contributed by atoms with E-state index in [-0.39, 0.29) is 5.82 Å². The van der Waals surface area contributed by atoms with Crippen LogP contribution in [0.4, 0.5) is 16.0 Å². The summed E-state index contributed by atoms with van der Waals surface area (Å²) < 4.78 is 15.8. The Kier molecular flexibility index (Phi) is 3.47. The maximum Gasteiger partial charge on any atom is 0.207 e. The van der Waals surface area contributed by atoms with Gasteiger partial charge >= 0.3 is 0 Å². The topological polar surface area (TPSA) is 29.9 Å². The number of anilines is 2.